The molecule has 5 rings (SSSR count). The lowest BCUT2D eigenvalue weighted by Gasteiger charge is -2.33. The van der Waals surface area contributed by atoms with Crippen molar-refractivity contribution in [2.75, 3.05) is 9.80 Å². The van der Waals surface area contributed by atoms with Gasteiger partial charge in [-0.1, -0.05) is 101 Å². The first-order valence-electron chi connectivity index (χ1n) is 16.6. The van der Waals surface area contributed by atoms with Crippen LogP contribution in [0.1, 0.15) is 74.9 Å². The molecule has 0 saturated carbocycles. The van der Waals surface area contributed by atoms with Crippen molar-refractivity contribution in [3.63, 3.8) is 0 Å². The van der Waals surface area contributed by atoms with E-state index in [-0.39, 0.29) is 10.8 Å². The summed E-state index contributed by atoms with van der Waals surface area (Å²) in [5.41, 5.74) is 17.6. The van der Waals surface area contributed by atoms with Crippen LogP contribution >= 0.6 is 0 Å². The highest BCUT2D eigenvalue weighted by molar-refractivity contribution is 6.32. The van der Waals surface area contributed by atoms with Crippen LogP contribution in [0.4, 0.5) is 34.1 Å². The Labute approximate surface area is 280 Å². The number of hydrogen-bond donors (Lipinski definition) is 0. The summed E-state index contributed by atoms with van der Waals surface area (Å²) in [5.74, 6) is 0. The smallest absolute Gasteiger partial charge is 0.139 e. The Bertz CT molecular complexity index is 1660. The summed E-state index contributed by atoms with van der Waals surface area (Å²) < 4.78 is 0. The summed E-state index contributed by atoms with van der Waals surface area (Å²) in [6.45, 7) is 22.7. The van der Waals surface area contributed by atoms with E-state index in [1.54, 1.807) is 0 Å². The van der Waals surface area contributed by atoms with Gasteiger partial charge in [0.2, 0.25) is 0 Å². The zero-order valence-electron chi connectivity index (χ0n) is 30.1. The van der Waals surface area contributed by atoms with Crippen molar-refractivity contribution in [3.05, 3.63) is 130 Å². The molecule has 0 saturated heterocycles. The largest absolute Gasteiger partial charge is 0.310 e. The van der Waals surface area contributed by atoms with Crippen LogP contribution in [0, 0.1) is 27.7 Å². The SMILES string of the molecule is Bc1ccc(N(c2ccc(N(c3ccc(B)cc3)c3c(C)cc(C(C)(C)C)cc3C)cc2)c2c(C)cc(C(C)(C)C)cc2C)cc1. The molecule has 0 amide bonds. The van der Waals surface area contributed by atoms with Crippen LogP contribution in [0.15, 0.2) is 97.1 Å². The third-order valence-corrected chi connectivity index (χ3v) is 9.11. The van der Waals surface area contributed by atoms with Crippen molar-refractivity contribution >= 4 is 60.7 Å². The van der Waals surface area contributed by atoms with Crippen LogP contribution in [0.5, 0.6) is 0 Å². The zero-order valence-corrected chi connectivity index (χ0v) is 30.1. The highest BCUT2D eigenvalue weighted by Gasteiger charge is 2.24. The Kier molecular flexibility index (Phi) is 9.06. The number of rotatable bonds is 6. The molecule has 0 atom stereocenters. The van der Waals surface area contributed by atoms with Crippen LogP contribution in [-0.2, 0) is 10.8 Å². The summed E-state index contributed by atoms with van der Waals surface area (Å²) in [5, 5.41) is 0. The minimum Gasteiger partial charge on any atom is -0.310 e. The third kappa shape index (κ3) is 6.82. The van der Waals surface area contributed by atoms with Crippen LogP contribution in [-0.4, -0.2) is 15.7 Å². The Morgan fingerprint density at radius 2 is 0.609 bits per heavy atom. The van der Waals surface area contributed by atoms with Crippen LogP contribution < -0.4 is 20.7 Å². The second-order valence-corrected chi connectivity index (χ2v) is 15.3. The van der Waals surface area contributed by atoms with E-state index in [4.69, 9.17) is 0 Å². The second kappa shape index (κ2) is 12.6. The van der Waals surface area contributed by atoms with E-state index in [1.165, 1.54) is 55.7 Å². The molecule has 5 aromatic rings. The Hall–Kier alpha value is -4.17. The topological polar surface area (TPSA) is 6.48 Å². The quantitative estimate of drug-likeness (QED) is 0.179. The zero-order chi connectivity index (χ0) is 33.6. The van der Waals surface area contributed by atoms with E-state index in [2.05, 4.69) is 192 Å². The van der Waals surface area contributed by atoms with Gasteiger partial charge in [0.05, 0.1) is 11.4 Å². The van der Waals surface area contributed by atoms with Crippen LogP contribution in [0.3, 0.4) is 0 Å². The average Bonchev–Trinajstić information content (AvgIpc) is 2.97. The highest BCUT2D eigenvalue weighted by atomic mass is 15.2. The highest BCUT2D eigenvalue weighted by Crippen LogP contribution is 2.44. The molecule has 0 bridgehead atoms. The molecule has 0 spiro atoms. The van der Waals surface area contributed by atoms with Crippen LogP contribution in [0.25, 0.3) is 0 Å². The van der Waals surface area contributed by atoms with Gasteiger partial charge in [-0.15, -0.1) is 0 Å². The summed E-state index contributed by atoms with van der Waals surface area (Å²) in [6.07, 6.45) is 0. The standard InChI is InChI=1S/C42H50B2N2/c1-27-23-31(41(5,6)7)24-28(2)39(27)45(35-15-11-33(43)12-16-35)37-19-21-38(22-20-37)46(36-17-13-34(44)14-18-36)40-29(3)25-32(26-30(40)4)42(8,9)10/h11-26H,43-44H2,1-10H3. The molecular formula is C42H50B2N2. The Morgan fingerprint density at radius 3 is 0.826 bits per heavy atom. The second-order valence-electron chi connectivity index (χ2n) is 15.3. The van der Waals surface area contributed by atoms with E-state index in [0.29, 0.717) is 0 Å². The molecule has 0 aliphatic rings. The van der Waals surface area contributed by atoms with Gasteiger partial charge in [-0.05, 0) is 120 Å². The van der Waals surface area contributed by atoms with Crippen LogP contribution in [0.2, 0.25) is 0 Å². The van der Waals surface area contributed by atoms with Gasteiger partial charge < -0.3 is 9.80 Å². The van der Waals surface area contributed by atoms with Gasteiger partial charge in [-0.3, -0.25) is 0 Å². The number of anilines is 6. The predicted octanol–water partition coefficient (Wildman–Crippen LogP) is 8.97. The van der Waals surface area contributed by atoms with E-state index in [9.17, 15) is 0 Å². The number of nitrogens with zero attached hydrogens (tertiary/aromatic N) is 2. The van der Waals surface area contributed by atoms with Crippen molar-refractivity contribution in [2.45, 2.75) is 80.1 Å². The molecule has 0 aliphatic heterocycles. The van der Waals surface area contributed by atoms with Gasteiger partial charge in [-0.2, -0.15) is 0 Å². The number of benzene rings is 5. The summed E-state index contributed by atoms with van der Waals surface area (Å²) >= 11 is 0. The van der Waals surface area contributed by atoms with Crippen molar-refractivity contribution in [3.8, 4) is 0 Å². The van der Waals surface area contributed by atoms with Gasteiger partial charge in [0.1, 0.15) is 15.7 Å². The fourth-order valence-electron chi connectivity index (χ4n) is 6.44. The molecule has 0 aromatic heterocycles. The minimum atomic E-state index is 0.0885. The molecule has 0 aliphatic carbocycles. The molecule has 0 radical (unpaired) electrons. The van der Waals surface area contributed by atoms with Crippen molar-refractivity contribution in [1.82, 2.24) is 0 Å². The summed E-state index contributed by atoms with van der Waals surface area (Å²) in [7, 11) is 4.30. The van der Waals surface area contributed by atoms with Crippen molar-refractivity contribution in [2.24, 2.45) is 0 Å². The molecule has 5 aromatic carbocycles. The van der Waals surface area contributed by atoms with Gasteiger partial charge in [0.15, 0.2) is 0 Å². The maximum absolute atomic E-state index is 2.42. The minimum absolute atomic E-state index is 0.0885. The van der Waals surface area contributed by atoms with E-state index in [0.717, 1.165) is 22.7 Å². The third-order valence-electron chi connectivity index (χ3n) is 9.11. The molecular weight excluding hydrogens is 554 g/mol. The van der Waals surface area contributed by atoms with Gasteiger partial charge in [0.25, 0.3) is 0 Å². The first-order chi connectivity index (χ1) is 21.5. The van der Waals surface area contributed by atoms with Gasteiger partial charge >= 0.3 is 0 Å². The first kappa shape index (κ1) is 33.2. The number of aryl methyl sites for hydroxylation is 4. The fraction of sp³-hybridized carbons (Fsp3) is 0.286. The van der Waals surface area contributed by atoms with E-state index in [1.807, 2.05) is 0 Å². The average molecular weight is 605 g/mol. The van der Waals surface area contributed by atoms with E-state index < -0.39 is 0 Å². The summed E-state index contributed by atoms with van der Waals surface area (Å²) in [6, 6.07) is 36.3. The van der Waals surface area contributed by atoms with Gasteiger partial charge in [-0.25, -0.2) is 0 Å². The lowest BCUT2D eigenvalue weighted by Crippen LogP contribution is -2.18. The Balaban J connectivity index is 1.67. The Morgan fingerprint density at radius 1 is 0.391 bits per heavy atom. The fourth-order valence-corrected chi connectivity index (χ4v) is 6.44. The first-order valence-corrected chi connectivity index (χ1v) is 16.6. The monoisotopic (exact) mass is 604 g/mol. The molecule has 0 fully saturated rings. The lowest BCUT2D eigenvalue weighted by atomic mass is 9.84. The molecule has 0 unspecified atom stereocenters. The predicted molar refractivity (Wildman–Crippen MR) is 209 cm³/mol. The van der Waals surface area contributed by atoms with Crippen molar-refractivity contribution in [1.29, 1.82) is 0 Å². The molecule has 46 heavy (non-hydrogen) atoms. The molecule has 0 N–H and O–H groups in total. The maximum atomic E-state index is 2.42. The van der Waals surface area contributed by atoms with Crippen molar-refractivity contribution < 1.29 is 0 Å². The molecule has 234 valence electrons. The molecule has 2 nitrogen and oxygen atoms in total. The normalized spacial score (nSPS) is 11.9. The van der Waals surface area contributed by atoms with E-state index >= 15 is 0 Å². The maximum Gasteiger partial charge on any atom is 0.139 e. The molecule has 0 heterocycles. The van der Waals surface area contributed by atoms with Gasteiger partial charge in [0, 0.05) is 22.7 Å². The summed E-state index contributed by atoms with van der Waals surface area (Å²) in [4.78, 5) is 4.84. The molecule has 4 heteroatoms. The lowest BCUT2D eigenvalue weighted by molar-refractivity contribution is 0.589. The number of hydrogen-bond acceptors (Lipinski definition) is 2.